The molecule has 0 saturated carbocycles. The average Bonchev–Trinajstić information content (AvgIpc) is 2.48. The van der Waals surface area contributed by atoms with Crippen LogP contribution in [0.4, 0.5) is 0 Å². The summed E-state index contributed by atoms with van der Waals surface area (Å²) >= 11 is 3.54. The lowest BCUT2D eigenvalue weighted by atomic mass is 10.3. The molecule has 0 aliphatic carbocycles. The van der Waals surface area contributed by atoms with E-state index in [1.54, 1.807) is 37.7 Å². The highest BCUT2D eigenvalue weighted by Gasteiger charge is 2.05. The summed E-state index contributed by atoms with van der Waals surface area (Å²) in [5.74, 6) is 1.85. The van der Waals surface area contributed by atoms with Crippen LogP contribution in [0.25, 0.3) is 0 Å². The van der Waals surface area contributed by atoms with E-state index in [4.69, 9.17) is 9.47 Å². The number of hydrogen-bond acceptors (Lipinski definition) is 4. The zero-order valence-electron chi connectivity index (χ0n) is 11.0. The van der Waals surface area contributed by atoms with Crippen LogP contribution in [0.15, 0.2) is 58.3 Å². The van der Waals surface area contributed by atoms with Gasteiger partial charge in [-0.2, -0.15) is 0 Å². The Hall–Kier alpha value is -1.26. The first kappa shape index (κ1) is 14.2. The van der Waals surface area contributed by atoms with Gasteiger partial charge in [-0.05, 0) is 24.3 Å². The molecule has 19 heavy (non-hydrogen) atoms. The van der Waals surface area contributed by atoms with E-state index in [1.165, 1.54) is 0 Å². The summed E-state index contributed by atoms with van der Waals surface area (Å²) in [5, 5.41) is 0.917. The molecule has 0 atom stereocenters. The van der Waals surface area contributed by atoms with E-state index in [1.807, 2.05) is 36.4 Å². The SMILES string of the molecule is COc1ccccc1SCSc1ccccc1OC. The van der Waals surface area contributed by atoms with E-state index in [9.17, 15) is 0 Å². The highest BCUT2D eigenvalue weighted by molar-refractivity contribution is 8.16. The average molecular weight is 292 g/mol. The third-order valence-corrected chi connectivity index (χ3v) is 4.81. The zero-order chi connectivity index (χ0) is 13.5. The fraction of sp³-hybridized carbons (Fsp3) is 0.200. The number of benzene rings is 2. The molecule has 0 aliphatic heterocycles. The molecule has 0 unspecified atom stereocenters. The Kier molecular flexibility index (Phi) is 5.48. The maximum absolute atomic E-state index is 5.34. The van der Waals surface area contributed by atoms with Gasteiger partial charge in [0, 0.05) is 5.08 Å². The highest BCUT2D eigenvalue weighted by Crippen LogP contribution is 2.36. The molecule has 2 aromatic rings. The Morgan fingerprint density at radius 2 is 1.16 bits per heavy atom. The van der Waals surface area contributed by atoms with Crippen molar-refractivity contribution in [2.75, 3.05) is 19.3 Å². The van der Waals surface area contributed by atoms with Crippen molar-refractivity contribution in [2.45, 2.75) is 9.79 Å². The smallest absolute Gasteiger partial charge is 0.132 e. The van der Waals surface area contributed by atoms with Crippen molar-refractivity contribution in [3.8, 4) is 11.5 Å². The van der Waals surface area contributed by atoms with Gasteiger partial charge in [0.15, 0.2) is 0 Å². The molecule has 0 aromatic heterocycles. The minimum absolute atomic E-state index is 0.917. The molecule has 0 saturated heterocycles. The molecule has 0 fully saturated rings. The van der Waals surface area contributed by atoms with Crippen molar-refractivity contribution < 1.29 is 9.47 Å². The van der Waals surface area contributed by atoms with E-state index in [0.29, 0.717) is 0 Å². The maximum Gasteiger partial charge on any atom is 0.132 e. The normalized spacial score (nSPS) is 10.2. The van der Waals surface area contributed by atoms with Gasteiger partial charge in [0.1, 0.15) is 11.5 Å². The standard InChI is InChI=1S/C15H16O2S2/c1-16-12-7-3-5-9-14(12)18-11-19-15-10-6-4-8-13(15)17-2/h3-10H,11H2,1-2H3. The Morgan fingerprint density at radius 3 is 1.58 bits per heavy atom. The molecule has 2 nitrogen and oxygen atoms in total. The van der Waals surface area contributed by atoms with Gasteiger partial charge < -0.3 is 9.47 Å². The number of rotatable bonds is 6. The molecule has 0 heterocycles. The van der Waals surface area contributed by atoms with Crippen LogP contribution in [0.5, 0.6) is 11.5 Å². The number of thioether (sulfide) groups is 2. The number of para-hydroxylation sites is 2. The third kappa shape index (κ3) is 3.85. The van der Waals surface area contributed by atoms with Crippen molar-refractivity contribution >= 4 is 23.5 Å². The van der Waals surface area contributed by atoms with Crippen LogP contribution >= 0.6 is 23.5 Å². The fourth-order valence-corrected chi connectivity index (χ4v) is 3.82. The molecule has 0 amide bonds. The van der Waals surface area contributed by atoms with Gasteiger partial charge in [-0.25, -0.2) is 0 Å². The molecule has 0 bridgehead atoms. The monoisotopic (exact) mass is 292 g/mol. The van der Waals surface area contributed by atoms with Gasteiger partial charge >= 0.3 is 0 Å². The summed E-state index contributed by atoms with van der Waals surface area (Å²) < 4.78 is 10.7. The van der Waals surface area contributed by atoms with Crippen LogP contribution in [0.1, 0.15) is 0 Å². The van der Waals surface area contributed by atoms with Gasteiger partial charge in [-0.15, -0.1) is 23.5 Å². The quantitative estimate of drug-likeness (QED) is 0.574. The van der Waals surface area contributed by atoms with Crippen LogP contribution in [0.3, 0.4) is 0 Å². The second-order valence-electron chi connectivity index (χ2n) is 3.71. The Morgan fingerprint density at radius 1 is 0.737 bits per heavy atom. The first-order valence-electron chi connectivity index (χ1n) is 5.87. The van der Waals surface area contributed by atoms with E-state index >= 15 is 0 Å². The summed E-state index contributed by atoms with van der Waals surface area (Å²) in [6.45, 7) is 0. The molecule has 2 rings (SSSR count). The van der Waals surface area contributed by atoms with E-state index in [2.05, 4.69) is 12.1 Å². The van der Waals surface area contributed by atoms with Crippen LogP contribution in [-0.2, 0) is 0 Å². The topological polar surface area (TPSA) is 18.5 Å². The molecular weight excluding hydrogens is 276 g/mol. The van der Waals surface area contributed by atoms with E-state index in [-0.39, 0.29) is 0 Å². The van der Waals surface area contributed by atoms with Crippen molar-refractivity contribution in [1.82, 2.24) is 0 Å². The molecule has 0 radical (unpaired) electrons. The van der Waals surface area contributed by atoms with Crippen LogP contribution in [0.2, 0.25) is 0 Å². The highest BCUT2D eigenvalue weighted by atomic mass is 32.2. The molecule has 0 N–H and O–H groups in total. The van der Waals surface area contributed by atoms with Gasteiger partial charge in [0.05, 0.1) is 24.0 Å². The summed E-state index contributed by atoms with van der Waals surface area (Å²) in [6, 6.07) is 16.1. The zero-order valence-corrected chi connectivity index (χ0v) is 12.6. The second kappa shape index (κ2) is 7.36. The summed E-state index contributed by atoms with van der Waals surface area (Å²) in [5.41, 5.74) is 0. The molecule has 0 spiro atoms. The first-order chi connectivity index (χ1) is 9.35. The number of methoxy groups -OCH3 is 2. The second-order valence-corrected chi connectivity index (χ2v) is 6.11. The lowest BCUT2D eigenvalue weighted by Crippen LogP contribution is -1.87. The largest absolute Gasteiger partial charge is 0.496 e. The maximum atomic E-state index is 5.34. The molecule has 2 aromatic carbocycles. The fourth-order valence-electron chi connectivity index (χ4n) is 1.63. The third-order valence-electron chi connectivity index (χ3n) is 2.57. The predicted octanol–water partition coefficient (Wildman–Crippen LogP) is 4.55. The predicted molar refractivity (Wildman–Crippen MR) is 82.6 cm³/mol. The lowest BCUT2D eigenvalue weighted by Gasteiger charge is -2.09. The lowest BCUT2D eigenvalue weighted by molar-refractivity contribution is 0.405. The number of hydrogen-bond donors (Lipinski definition) is 0. The Bertz CT molecular complexity index is 482. The summed E-state index contributed by atoms with van der Waals surface area (Å²) in [4.78, 5) is 2.32. The van der Waals surface area contributed by atoms with E-state index < -0.39 is 0 Å². The van der Waals surface area contributed by atoms with Crippen molar-refractivity contribution in [1.29, 1.82) is 0 Å². The minimum atomic E-state index is 0.917. The van der Waals surface area contributed by atoms with Crippen molar-refractivity contribution in [2.24, 2.45) is 0 Å². The van der Waals surface area contributed by atoms with Gasteiger partial charge in [-0.1, -0.05) is 24.3 Å². The van der Waals surface area contributed by atoms with Crippen LogP contribution < -0.4 is 9.47 Å². The summed E-state index contributed by atoms with van der Waals surface area (Å²) in [7, 11) is 3.40. The van der Waals surface area contributed by atoms with Gasteiger partial charge in [-0.3, -0.25) is 0 Å². The van der Waals surface area contributed by atoms with Gasteiger partial charge in [0.25, 0.3) is 0 Å². The number of ether oxygens (including phenoxy) is 2. The molecule has 100 valence electrons. The minimum Gasteiger partial charge on any atom is -0.496 e. The summed E-state index contributed by atoms with van der Waals surface area (Å²) in [6.07, 6.45) is 0. The first-order valence-corrected chi connectivity index (χ1v) is 7.84. The Balaban J connectivity index is 1.96. The molecular formula is C15H16O2S2. The molecule has 4 heteroatoms. The van der Waals surface area contributed by atoms with Crippen molar-refractivity contribution in [3.05, 3.63) is 48.5 Å². The van der Waals surface area contributed by atoms with Crippen molar-refractivity contribution in [3.63, 3.8) is 0 Å². The Labute approximate surface area is 122 Å². The van der Waals surface area contributed by atoms with Crippen LogP contribution in [0, 0.1) is 0 Å². The van der Waals surface area contributed by atoms with E-state index in [0.717, 1.165) is 26.4 Å². The molecule has 0 aliphatic rings. The van der Waals surface area contributed by atoms with Gasteiger partial charge in [0.2, 0.25) is 0 Å². The van der Waals surface area contributed by atoms with Crippen LogP contribution in [-0.4, -0.2) is 19.3 Å².